The first-order valence-corrected chi connectivity index (χ1v) is 3.60. The number of hydrogen-bond donors (Lipinski definition) is 1. The zero-order valence-corrected chi connectivity index (χ0v) is 10.5. The van der Waals surface area contributed by atoms with Gasteiger partial charge in [-0.25, -0.2) is 4.79 Å². The van der Waals surface area contributed by atoms with Gasteiger partial charge in [0.25, 0.3) is 0 Å². The van der Waals surface area contributed by atoms with Gasteiger partial charge in [0.15, 0.2) is 0 Å². The van der Waals surface area contributed by atoms with E-state index < -0.39 is 12.0 Å². The Bertz CT molecular complexity index is 172. The van der Waals surface area contributed by atoms with E-state index in [2.05, 4.69) is 4.99 Å². The zero-order valence-electron chi connectivity index (χ0n) is 8.46. The molecule has 0 aliphatic carbocycles. The van der Waals surface area contributed by atoms with Crippen LogP contribution >= 0.6 is 0 Å². The summed E-state index contributed by atoms with van der Waals surface area (Å²) in [6.45, 7) is 7.49. The third-order valence-corrected chi connectivity index (χ3v) is 1.04. The smallest absolute Gasteiger partial charge is 0.328 e. The molecule has 0 spiro atoms. The fraction of sp³-hybridized carbons (Fsp3) is 0.750. The van der Waals surface area contributed by atoms with Crippen molar-refractivity contribution in [3.05, 3.63) is 0 Å². The molecule has 1 N–H and O–H groups in total. The maximum atomic E-state index is 10.3. The first-order valence-electron chi connectivity index (χ1n) is 3.60. The largest absolute Gasteiger partial charge is 0.480 e. The maximum absolute atomic E-state index is 10.3. The Morgan fingerprint density at radius 3 is 2.17 bits per heavy atom. The van der Waals surface area contributed by atoms with Crippen molar-refractivity contribution >= 4 is 41.7 Å². The first kappa shape index (κ1) is 14.7. The normalized spacial score (nSPS) is 14.0. The van der Waals surface area contributed by atoms with Crippen molar-refractivity contribution in [1.82, 2.24) is 0 Å². The van der Waals surface area contributed by atoms with E-state index in [0.29, 0.717) is 0 Å². The molecule has 0 rings (SSSR count). The molecule has 1 radical (unpaired) electrons. The van der Waals surface area contributed by atoms with Crippen LogP contribution in [0.25, 0.3) is 0 Å². The van der Waals surface area contributed by atoms with Gasteiger partial charge in [0.1, 0.15) is 6.04 Å². The third kappa shape index (κ3) is 8.24. The van der Waals surface area contributed by atoms with Gasteiger partial charge in [-0.1, -0.05) is 20.8 Å². The van der Waals surface area contributed by atoms with Crippen LogP contribution in [0.3, 0.4) is 0 Å². The molecule has 0 aliphatic rings. The van der Waals surface area contributed by atoms with Crippen LogP contribution in [0.2, 0.25) is 0 Å². The molecule has 0 aromatic rings. The van der Waals surface area contributed by atoms with E-state index in [-0.39, 0.29) is 35.0 Å². The first-order chi connectivity index (χ1) is 4.83. The topological polar surface area (TPSA) is 49.7 Å². The molecule has 12 heavy (non-hydrogen) atoms. The van der Waals surface area contributed by atoms with Crippen molar-refractivity contribution in [3.8, 4) is 0 Å². The van der Waals surface area contributed by atoms with Crippen molar-refractivity contribution in [2.45, 2.75) is 33.7 Å². The monoisotopic (exact) mass is 180 g/mol. The van der Waals surface area contributed by atoms with Crippen LogP contribution in [0.4, 0.5) is 0 Å². The quantitative estimate of drug-likeness (QED) is 0.512. The van der Waals surface area contributed by atoms with Gasteiger partial charge in [0.05, 0.1) is 0 Å². The minimum Gasteiger partial charge on any atom is -0.480 e. The summed E-state index contributed by atoms with van der Waals surface area (Å²) in [5.41, 5.74) is -0.0380. The number of nitrogens with zero attached hydrogens (tertiary/aromatic N) is 1. The Morgan fingerprint density at radius 1 is 1.50 bits per heavy atom. The molecule has 3 nitrogen and oxygen atoms in total. The zero-order chi connectivity index (χ0) is 9.07. The summed E-state index contributed by atoms with van der Waals surface area (Å²) >= 11 is 0. The molecule has 4 heteroatoms. The summed E-state index contributed by atoms with van der Waals surface area (Å²) in [7, 11) is 0. The summed E-state index contributed by atoms with van der Waals surface area (Å²) in [5.74, 6) is -0.884. The van der Waals surface area contributed by atoms with Crippen LogP contribution in [-0.2, 0) is 4.79 Å². The number of carbonyl (C=O) groups is 1. The Balaban J connectivity index is 0. The average molecular weight is 180 g/mol. The second-order valence-electron chi connectivity index (χ2n) is 3.66. The predicted octanol–water partition coefficient (Wildman–Crippen LogP) is 1.20. The van der Waals surface area contributed by atoms with Gasteiger partial charge in [-0.05, 0) is 12.3 Å². The Hall–Kier alpha value is 0.140. The summed E-state index contributed by atoms with van der Waals surface area (Å²) < 4.78 is 0. The molecular formula is C8H15NNaO2. The average Bonchev–Trinajstić information content (AvgIpc) is 1.80. The van der Waals surface area contributed by atoms with Crippen molar-refractivity contribution < 1.29 is 9.90 Å². The van der Waals surface area contributed by atoms with Crippen LogP contribution < -0.4 is 0 Å². The van der Waals surface area contributed by atoms with E-state index in [1.165, 1.54) is 0 Å². The molecule has 0 aliphatic heterocycles. The van der Waals surface area contributed by atoms with E-state index >= 15 is 0 Å². The van der Waals surface area contributed by atoms with Gasteiger partial charge in [-0.3, -0.25) is 4.99 Å². The van der Waals surface area contributed by atoms with Gasteiger partial charge in [0, 0.05) is 35.8 Å². The summed E-state index contributed by atoms with van der Waals surface area (Å²) in [4.78, 5) is 14.2. The number of carboxylic acid groups (broad SMARTS) is 1. The van der Waals surface area contributed by atoms with Crippen LogP contribution in [-0.4, -0.2) is 52.9 Å². The van der Waals surface area contributed by atoms with Crippen LogP contribution in [0.15, 0.2) is 4.99 Å². The maximum Gasteiger partial charge on any atom is 0.328 e. The van der Waals surface area contributed by atoms with Crippen molar-refractivity contribution in [1.29, 1.82) is 0 Å². The van der Waals surface area contributed by atoms with Crippen LogP contribution in [0.1, 0.15) is 27.7 Å². The fourth-order valence-corrected chi connectivity index (χ4v) is 0.399. The van der Waals surface area contributed by atoms with E-state index in [0.717, 1.165) is 0 Å². The van der Waals surface area contributed by atoms with Crippen LogP contribution in [0.5, 0.6) is 0 Å². The number of aliphatic carboxylic acids is 1. The second-order valence-corrected chi connectivity index (χ2v) is 3.66. The Morgan fingerprint density at radius 2 is 1.92 bits per heavy atom. The molecule has 1 atom stereocenters. The van der Waals surface area contributed by atoms with E-state index in [4.69, 9.17) is 5.11 Å². The van der Waals surface area contributed by atoms with Crippen LogP contribution in [0, 0.1) is 5.41 Å². The molecule has 0 amide bonds. The number of hydrogen-bond acceptors (Lipinski definition) is 2. The number of aliphatic imine (C=N–C) groups is 1. The molecule has 65 valence electrons. The van der Waals surface area contributed by atoms with Gasteiger partial charge in [-0.15, -0.1) is 0 Å². The minimum absolute atomic E-state index is 0. The van der Waals surface area contributed by atoms with Gasteiger partial charge < -0.3 is 5.11 Å². The molecule has 0 aromatic carbocycles. The van der Waals surface area contributed by atoms with E-state index in [1.807, 2.05) is 20.8 Å². The summed E-state index contributed by atoms with van der Waals surface area (Å²) in [6, 6.07) is -0.630. The second kappa shape index (κ2) is 5.73. The van der Waals surface area contributed by atoms with Crippen molar-refractivity contribution in [3.63, 3.8) is 0 Å². The van der Waals surface area contributed by atoms with E-state index in [9.17, 15) is 4.79 Å². The SMILES string of the molecule is C[C@H](N=CC(C)(C)C)C(=O)O.[Na]. The summed E-state index contributed by atoms with van der Waals surface area (Å²) in [5, 5.41) is 8.47. The van der Waals surface area contributed by atoms with Crippen molar-refractivity contribution in [2.24, 2.45) is 10.4 Å². The number of rotatable bonds is 2. The Kier molecular flexibility index (Phi) is 7.00. The molecule has 0 aromatic heterocycles. The fourth-order valence-electron chi connectivity index (χ4n) is 0.399. The summed E-state index contributed by atoms with van der Waals surface area (Å²) in [6.07, 6.45) is 1.67. The van der Waals surface area contributed by atoms with E-state index in [1.54, 1.807) is 13.1 Å². The molecule has 0 saturated heterocycles. The molecular weight excluding hydrogens is 165 g/mol. The van der Waals surface area contributed by atoms with Gasteiger partial charge >= 0.3 is 5.97 Å². The molecule has 0 heterocycles. The predicted molar refractivity (Wildman–Crippen MR) is 50.8 cm³/mol. The van der Waals surface area contributed by atoms with Gasteiger partial charge in [-0.2, -0.15) is 0 Å². The van der Waals surface area contributed by atoms with Gasteiger partial charge in [0.2, 0.25) is 0 Å². The standard InChI is InChI=1S/C8H15NO2.Na/c1-6(7(10)11)9-5-8(2,3)4;/h5-6H,1-4H3,(H,10,11);/t6-;/m0./s1. The van der Waals surface area contributed by atoms with Crippen molar-refractivity contribution in [2.75, 3.05) is 0 Å². The third-order valence-electron chi connectivity index (χ3n) is 1.04. The molecule has 0 saturated carbocycles. The minimum atomic E-state index is -0.884. The Labute approximate surface area is 95.6 Å². The molecule has 0 bridgehead atoms. The molecule has 0 unspecified atom stereocenters. The molecule has 0 fully saturated rings. The number of carboxylic acids is 1.